The Bertz CT molecular complexity index is 629. The topological polar surface area (TPSA) is 58.2 Å². The first-order valence-electron chi connectivity index (χ1n) is 5.63. The summed E-state index contributed by atoms with van der Waals surface area (Å²) >= 11 is 13.2. The summed E-state index contributed by atoms with van der Waals surface area (Å²) in [7, 11) is 0. The van der Waals surface area contributed by atoms with Gasteiger partial charge in [0.25, 0.3) is 5.91 Å². The molecule has 0 bridgehead atoms. The number of hydrogen-bond acceptors (Lipinski definition) is 3. The highest BCUT2D eigenvalue weighted by atomic mass is 35.5. The summed E-state index contributed by atoms with van der Waals surface area (Å²) in [6.07, 6.45) is 0.210. The van der Waals surface area contributed by atoms with Crippen molar-refractivity contribution in [2.45, 2.75) is 6.42 Å². The molecule has 20 heavy (non-hydrogen) atoms. The van der Waals surface area contributed by atoms with Crippen molar-refractivity contribution in [3.63, 3.8) is 0 Å². The normalized spacial score (nSPS) is 10.1. The lowest BCUT2D eigenvalue weighted by atomic mass is 10.2. The van der Waals surface area contributed by atoms with Gasteiger partial charge >= 0.3 is 0 Å². The Morgan fingerprint density at radius 2 is 1.95 bits per heavy atom. The number of rotatable bonds is 3. The van der Waals surface area contributed by atoms with Crippen molar-refractivity contribution < 1.29 is 9.59 Å². The summed E-state index contributed by atoms with van der Waals surface area (Å²) in [6.45, 7) is 0. The van der Waals surface area contributed by atoms with Crippen LogP contribution in [0.3, 0.4) is 0 Å². The highest BCUT2D eigenvalue weighted by molar-refractivity contribution is 7.10. The molecule has 1 aromatic heterocycles. The van der Waals surface area contributed by atoms with Crippen molar-refractivity contribution in [2.24, 2.45) is 0 Å². The molecule has 0 aliphatic carbocycles. The number of carbonyl (C=O) groups is 2. The van der Waals surface area contributed by atoms with E-state index in [0.717, 1.165) is 4.88 Å². The second-order valence-corrected chi connectivity index (χ2v) is 5.76. The molecule has 2 amide bonds. The third kappa shape index (κ3) is 3.96. The number of hydrazine groups is 1. The van der Waals surface area contributed by atoms with Gasteiger partial charge in [-0.15, -0.1) is 11.3 Å². The lowest BCUT2D eigenvalue weighted by Gasteiger charge is -2.08. The van der Waals surface area contributed by atoms with Gasteiger partial charge in [0.15, 0.2) is 0 Å². The van der Waals surface area contributed by atoms with E-state index < -0.39 is 5.91 Å². The van der Waals surface area contributed by atoms with Gasteiger partial charge in [0, 0.05) is 9.90 Å². The summed E-state index contributed by atoms with van der Waals surface area (Å²) in [5.41, 5.74) is 4.84. The van der Waals surface area contributed by atoms with Crippen LogP contribution in [0, 0.1) is 0 Å². The first-order valence-corrected chi connectivity index (χ1v) is 7.26. The maximum Gasteiger partial charge on any atom is 0.271 e. The predicted octanol–water partition coefficient (Wildman–Crippen LogP) is 3.06. The fourth-order valence-corrected chi connectivity index (χ4v) is 2.56. The van der Waals surface area contributed by atoms with Gasteiger partial charge < -0.3 is 0 Å². The number of nitrogens with one attached hydrogen (secondary N) is 2. The van der Waals surface area contributed by atoms with Crippen molar-refractivity contribution >= 4 is 46.4 Å². The number of amides is 2. The van der Waals surface area contributed by atoms with Crippen LogP contribution in [0.15, 0.2) is 35.7 Å². The maximum atomic E-state index is 11.9. The fraction of sp³-hybridized carbons (Fsp3) is 0.0769. The molecule has 7 heteroatoms. The minimum atomic E-state index is -0.517. The lowest BCUT2D eigenvalue weighted by Crippen LogP contribution is -2.42. The molecule has 0 spiro atoms. The van der Waals surface area contributed by atoms with E-state index in [4.69, 9.17) is 23.2 Å². The highest BCUT2D eigenvalue weighted by Gasteiger charge is 2.12. The highest BCUT2D eigenvalue weighted by Crippen LogP contribution is 2.20. The average Bonchev–Trinajstić information content (AvgIpc) is 2.91. The molecule has 0 radical (unpaired) electrons. The molecule has 0 saturated carbocycles. The molecule has 0 fully saturated rings. The largest absolute Gasteiger partial charge is 0.273 e. The summed E-state index contributed by atoms with van der Waals surface area (Å²) < 4.78 is 0. The average molecular weight is 329 g/mol. The van der Waals surface area contributed by atoms with Crippen LogP contribution in [0.4, 0.5) is 0 Å². The van der Waals surface area contributed by atoms with E-state index in [-0.39, 0.29) is 22.9 Å². The molecule has 104 valence electrons. The summed E-state index contributed by atoms with van der Waals surface area (Å²) in [6, 6.07) is 8.24. The summed E-state index contributed by atoms with van der Waals surface area (Å²) in [5.74, 6) is -0.823. The third-order valence-electron chi connectivity index (χ3n) is 2.40. The number of thiophene rings is 1. The predicted molar refractivity (Wildman–Crippen MR) is 80.1 cm³/mol. The Labute approximate surface area is 129 Å². The number of hydrogen-bond donors (Lipinski definition) is 2. The Morgan fingerprint density at radius 3 is 2.65 bits per heavy atom. The van der Waals surface area contributed by atoms with Crippen molar-refractivity contribution in [3.05, 3.63) is 56.2 Å². The van der Waals surface area contributed by atoms with Gasteiger partial charge in [-0.05, 0) is 29.6 Å². The van der Waals surface area contributed by atoms with Crippen LogP contribution in [-0.2, 0) is 11.2 Å². The van der Waals surface area contributed by atoms with Crippen molar-refractivity contribution in [2.75, 3.05) is 0 Å². The first-order chi connectivity index (χ1) is 9.56. The minimum absolute atomic E-state index is 0.204. The number of halogens is 2. The van der Waals surface area contributed by atoms with Gasteiger partial charge in [0.2, 0.25) is 5.91 Å². The van der Waals surface area contributed by atoms with Crippen LogP contribution in [-0.4, -0.2) is 11.8 Å². The number of benzene rings is 1. The second-order valence-electron chi connectivity index (χ2n) is 3.88. The van der Waals surface area contributed by atoms with Crippen LogP contribution in [0.5, 0.6) is 0 Å². The van der Waals surface area contributed by atoms with Crippen LogP contribution in [0.1, 0.15) is 15.2 Å². The standard InChI is InChI=1S/C13H10Cl2N2O2S/c14-8-3-4-11(15)10(6-8)13(19)17-16-12(18)7-9-2-1-5-20-9/h1-6H,7H2,(H,16,18)(H,17,19). The molecule has 2 N–H and O–H groups in total. The Hall–Kier alpha value is -1.56. The molecule has 2 rings (SSSR count). The summed E-state index contributed by atoms with van der Waals surface area (Å²) in [5, 5.41) is 2.54. The van der Waals surface area contributed by atoms with Gasteiger partial charge in [-0.3, -0.25) is 20.4 Å². The monoisotopic (exact) mass is 328 g/mol. The molecule has 0 unspecified atom stereocenters. The zero-order chi connectivity index (χ0) is 14.5. The second kappa shape index (κ2) is 6.74. The molecule has 0 atom stereocenters. The zero-order valence-electron chi connectivity index (χ0n) is 10.2. The molecular formula is C13H10Cl2N2O2S. The zero-order valence-corrected chi connectivity index (χ0v) is 12.5. The maximum absolute atomic E-state index is 11.9. The molecule has 0 aliphatic rings. The molecule has 4 nitrogen and oxygen atoms in total. The Morgan fingerprint density at radius 1 is 1.15 bits per heavy atom. The van der Waals surface area contributed by atoms with Crippen LogP contribution >= 0.6 is 34.5 Å². The van der Waals surface area contributed by atoms with E-state index in [2.05, 4.69) is 10.9 Å². The first kappa shape index (κ1) is 14.8. The van der Waals surface area contributed by atoms with E-state index in [9.17, 15) is 9.59 Å². The molecule has 0 aliphatic heterocycles. The SMILES string of the molecule is O=C(Cc1cccs1)NNC(=O)c1cc(Cl)ccc1Cl. The van der Waals surface area contributed by atoms with E-state index in [0.29, 0.717) is 5.02 Å². The smallest absolute Gasteiger partial charge is 0.271 e. The van der Waals surface area contributed by atoms with E-state index in [1.54, 1.807) is 6.07 Å². The third-order valence-corrected chi connectivity index (χ3v) is 3.84. The van der Waals surface area contributed by atoms with Crippen molar-refractivity contribution in [1.82, 2.24) is 10.9 Å². The number of carbonyl (C=O) groups excluding carboxylic acids is 2. The van der Waals surface area contributed by atoms with E-state index in [1.807, 2.05) is 17.5 Å². The van der Waals surface area contributed by atoms with E-state index >= 15 is 0 Å². The van der Waals surface area contributed by atoms with Gasteiger partial charge in [-0.2, -0.15) is 0 Å². The Balaban J connectivity index is 1.92. The van der Waals surface area contributed by atoms with Crippen molar-refractivity contribution in [3.8, 4) is 0 Å². The van der Waals surface area contributed by atoms with Gasteiger partial charge in [0.1, 0.15) is 0 Å². The van der Waals surface area contributed by atoms with Crippen LogP contribution in [0.2, 0.25) is 10.0 Å². The molecule has 1 aromatic carbocycles. The van der Waals surface area contributed by atoms with Crippen LogP contribution in [0.25, 0.3) is 0 Å². The summed E-state index contributed by atoms with van der Waals surface area (Å²) in [4.78, 5) is 24.4. The van der Waals surface area contributed by atoms with Gasteiger partial charge in [-0.25, -0.2) is 0 Å². The van der Waals surface area contributed by atoms with Gasteiger partial charge in [0.05, 0.1) is 17.0 Å². The van der Waals surface area contributed by atoms with Crippen LogP contribution < -0.4 is 10.9 Å². The van der Waals surface area contributed by atoms with Crippen molar-refractivity contribution in [1.29, 1.82) is 0 Å². The minimum Gasteiger partial charge on any atom is -0.273 e. The van der Waals surface area contributed by atoms with E-state index in [1.165, 1.54) is 23.5 Å². The molecular weight excluding hydrogens is 319 g/mol. The molecule has 1 heterocycles. The fourth-order valence-electron chi connectivity index (χ4n) is 1.48. The molecule has 2 aromatic rings. The lowest BCUT2D eigenvalue weighted by molar-refractivity contribution is -0.121. The van der Waals surface area contributed by atoms with Gasteiger partial charge in [-0.1, -0.05) is 29.3 Å². The quantitative estimate of drug-likeness (QED) is 0.851. The molecule has 0 saturated heterocycles. The Kier molecular flexibility index (Phi) is 5.00.